The van der Waals surface area contributed by atoms with Crippen LogP contribution >= 0.6 is 7.82 Å². The van der Waals surface area contributed by atoms with Crippen LogP contribution in [-0.4, -0.2) is 13.2 Å². The van der Waals surface area contributed by atoms with Crippen LogP contribution in [0.5, 0.6) is 0 Å². The van der Waals surface area contributed by atoms with Crippen LogP contribution in [0, 0.1) is 0 Å². The molecule has 0 saturated heterocycles. The number of phosphoric acid groups is 1. The molecule has 0 aromatic carbocycles. The van der Waals surface area contributed by atoms with Gasteiger partial charge in [0.15, 0.2) is 0 Å². The van der Waals surface area contributed by atoms with E-state index in [2.05, 4.69) is 33.0 Å². The summed E-state index contributed by atoms with van der Waals surface area (Å²) in [6.45, 7) is 4.80. The zero-order valence-electron chi connectivity index (χ0n) is 15.8. The summed E-state index contributed by atoms with van der Waals surface area (Å²) in [7, 11) is -4.52. The van der Waals surface area contributed by atoms with Gasteiger partial charge in [-0.05, 0) is 12.8 Å². The van der Waals surface area contributed by atoms with Gasteiger partial charge in [0.1, 0.15) is 0 Å². The van der Waals surface area contributed by atoms with E-state index < -0.39 is 7.82 Å². The van der Waals surface area contributed by atoms with Crippen LogP contribution in [-0.2, 0) is 23.7 Å². The van der Waals surface area contributed by atoms with E-state index in [1.807, 2.05) is 0 Å². The van der Waals surface area contributed by atoms with Gasteiger partial charge < -0.3 is 4.89 Å². The van der Waals surface area contributed by atoms with Crippen molar-refractivity contribution in [3.8, 4) is 0 Å². The number of rotatable bonds is 18. The van der Waals surface area contributed by atoms with E-state index in [-0.39, 0.29) is 64.6 Å². The van der Waals surface area contributed by atoms with Crippen molar-refractivity contribution in [3.63, 3.8) is 0 Å². The average molecular weight is 393 g/mol. The molecular formula is C16H34KO6P. The van der Waals surface area contributed by atoms with Crippen molar-refractivity contribution in [3.05, 3.63) is 0 Å². The summed E-state index contributed by atoms with van der Waals surface area (Å²) in [4.78, 5) is 20.6. The minimum atomic E-state index is -4.52. The van der Waals surface area contributed by atoms with E-state index in [4.69, 9.17) is 0 Å². The van der Waals surface area contributed by atoms with Crippen molar-refractivity contribution >= 4 is 7.82 Å². The predicted octanol–water partition coefficient (Wildman–Crippen LogP) is 2.08. The first-order chi connectivity index (χ1) is 11.1. The van der Waals surface area contributed by atoms with Gasteiger partial charge in [0.05, 0.1) is 13.2 Å². The minimum Gasteiger partial charge on any atom is -0.753 e. The molecule has 8 heteroatoms. The van der Waals surface area contributed by atoms with Crippen molar-refractivity contribution in [1.82, 2.24) is 0 Å². The standard InChI is InChI=1S/C16H35O6P.K/c1-3-5-7-9-11-13-15-19-21-23(17,18)22-20-16-14-12-10-8-6-4-2;/h3-16H2,1-2H3,(H,17,18);/q;+1/p-1. The maximum atomic E-state index is 11.3. The summed E-state index contributed by atoms with van der Waals surface area (Å²) in [6.07, 6.45) is 13.1. The second-order valence-corrected chi connectivity index (χ2v) is 6.97. The first-order valence-corrected chi connectivity index (χ1v) is 10.5. The van der Waals surface area contributed by atoms with Gasteiger partial charge in [0.25, 0.3) is 0 Å². The summed E-state index contributed by atoms with van der Waals surface area (Å²) in [5.41, 5.74) is 0. The van der Waals surface area contributed by atoms with Crippen molar-refractivity contribution in [2.75, 3.05) is 13.2 Å². The summed E-state index contributed by atoms with van der Waals surface area (Å²) in [5.74, 6) is 0. The minimum absolute atomic E-state index is 0. The van der Waals surface area contributed by atoms with E-state index in [9.17, 15) is 9.46 Å². The molecule has 0 atom stereocenters. The van der Waals surface area contributed by atoms with Crippen LogP contribution in [0.4, 0.5) is 0 Å². The van der Waals surface area contributed by atoms with Gasteiger partial charge in [-0.1, -0.05) is 78.1 Å². The van der Waals surface area contributed by atoms with Gasteiger partial charge >= 0.3 is 59.2 Å². The fourth-order valence-corrected chi connectivity index (χ4v) is 2.53. The quantitative estimate of drug-likeness (QED) is 0.117. The Morgan fingerprint density at radius 1 is 0.667 bits per heavy atom. The molecular weight excluding hydrogens is 358 g/mol. The smallest absolute Gasteiger partial charge is 0.753 e. The maximum absolute atomic E-state index is 11.3. The summed E-state index contributed by atoms with van der Waals surface area (Å²) < 4.78 is 19.9. The molecule has 0 aliphatic rings. The Hall–Kier alpha value is 1.67. The van der Waals surface area contributed by atoms with Gasteiger partial charge in [-0.15, -0.1) is 0 Å². The van der Waals surface area contributed by atoms with Crippen molar-refractivity contribution in [1.29, 1.82) is 0 Å². The largest absolute Gasteiger partial charge is 1.00 e. The zero-order chi connectivity index (χ0) is 17.2. The number of hydrogen-bond acceptors (Lipinski definition) is 6. The summed E-state index contributed by atoms with van der Waals surface area (Å²) in [5, 5.41) is 0. The topological polar surface area (TPSA) is 77.1 Å². The van der Waals surface area contributed by atoms with Crippen LogP contribution in [0.1, 0.15) is 90.9 Å². The monoisotopic (exact) mass is 392 g/mol. The Labute approximate surface area is 190 Å². The van der Waals surface area contributed by atoms with Crippen molar-refractivity contribution < 1.29 is 80.0 Å². The molecule has 0 amide bonds. The molecule has 0 saturated carbocycles. The third kappa shape index (κ3) is 21.7. The molecule has 0 aromatic rings. The van der Waals surface area contributed by atoms with Gasteiger partial charge in [-0.25, -0.2) is 9.78 Å². The van der Waals surface area contributed by atoms with Gasteiger partial charge in [0, 0.05) is 0 Å². The van der Waals surface area contributed by atoms with E-state index in [1.54, 1.807) is 0 Å². The SMILES string of the molecule is CCCCCCCCOOP(=O)([O-])OOCCCCCCCC.[K+]. The molecule has 0 fully saturated rings. The van der Waals surface area contributed by atoms with Crippen LogP contribution < -0.4 is 56.3 Å². The fourth-order valence-electron chi connectivity index (χ4n) is 2.10. The Morgan fingerprint density at radius 2 is 1.00 bits per heavy atom. The van der Waals surface area contributed by atoms with Crippen LogP contribution in [0.25, 0.3) is 0 Å². The molecule has 0 aromatic heterocycles. The zero-order valence-corrected chi connectivity index (χ0v) is 19.8. The molecule has 0 spiro atoms. The molecule has 0 aliphatic heterocycles. The first-order valence-electron chi connectivity index (χ1n) is 9.06. The Morgan fingerprint density at radius 3 is 1.38 bits per heavy atom. The normalized spacial score (nSPS) is 11.5. The summed E-state index contributed by atoms with van der Waals surface area (Å²) >= 11 is 0. The molecule has 0 radical (unpaired) electrons. The Balaban J connectivity index is 0. The molecule has 0 unspecified atom stereocenters. The second kappa shape index (κ2) is 21.0. The van der Waals surface area contributed by atoms with Crippen LogP contribution in [0.3, 0.4) is 0 Å². The molecule has 24 heavy (non-hydrogen) atoms. The number of unbranched alkanes of at least 4 members (excludes halogenated alkanes) is 10. The van der Waals surface area contributed by atoms with Crippen LogP contribution in [0.2, 0.25) is 0 Å². The number of hydrogen-bond donors (Lipinski definition) is 0. The van der Waals surface area contributed by atoms with E-state index in [0.717, 1.165) is 38.5 Å². The maximum Gasteiger partial charge on any atom is 1.00 e. The predicted molar refractivity (Wildman–Crippen MR) is 88.4 cm³/mol. The Bertz CT molecular complexity index is 270. The van der Waals surface area contributed by atoms with Gasteiger partial charge in [-0.2, -0.15) is 9.35 Å². The van der Waals surface area contributed by atoms with Gasteiger partial charge in [0.2, 0.25) is 0 Å². The van der Waals surface area contributed by atoms with Crippen molar-refractivity contribution in [2.45, 2.75) is 90.9 Å². The average Bonchev–Trinajstić information content (AvgIpc) is 2.52. The molecule has 0 rings (SSSR count). The first kappa shape index (κ1) is 27.9. The third-order valence-corrected chi connectivity index (χ3v) is 4.03. The summed E-state index contributed by atoms with van der Waals surface area (Å²) in [6, 6.07) is 0. The van der Waals surface area contributed by atoms with Crippen LogP contribution in [0.15, 0.2) is 0 Å². The molecule has 140 valence electrons. The van der Waals surface area contributed by atoms with Gasteiger partial charge in [-0.3, -0.25) is 4.57 Å². The van der Waals surface area contributed by atoms with E-state index >= 15 is 0 Å². The van der Waals surface area contributed by atoms with Crippen molar-refractivity contribution in [2.24, 2.45) is 0 Å². The molecule has 0 N–H and O–H groups in total. The third-order valence-electron chi connectivity index (χ3n) is 3.45. The second-order valence-electron chi connectivity index (χ2n) is 5.78. The van der Waals surface area contributed by atoms with E-state index in [0.29, 0.717) is 0 Å². The molecule has 0 bridgehead atoms. The fraction of sp³-hybridized carbons (Fsp3) is 1.00. The molecule has 0 heterocycles. The molecule has 0 aliphatic carbocycles. The van der Waals surface area contributed by atoms with E-state index in [1.165, 1.54) is 38.5 Å². The Kier molecular flexibility index (Phi) is 24.4. The molecule has 6 nitrogen and oxygen atoms in total.